The molecule has 0 radical (unpaired) electrons. The van der Waals surface area contributed by atoms with Gasteiger partial charge in [-0.2, -0.15) is 0 Å². The van der Waals surface area contributed by atoms with E-state index in [4.69, 9.17) is 19.4 Å². The molecule has 0 N–H and O–H groups in total. The van der Waals surface area contributed by atoms with Gasteiger partial charge in [0, 0.05) is 11.1 Å². The lowest BCUT2D eigenvalue weighted by Gasteiger charge is -2.12. The fourth-order valence-electron chi connectivity index (χ4n) is 4.97. The van der Waals surface area contributed by atoms with Crippen LogP contribution in [-0.2, 0) is 0 Å². The zero-order chi connectivity index (χ0) is 27.8. The van der Waals surface area contributed by atoms with E-state index in [1.54, 1.807) is 0 Å². The van der Waals surface area contributed by atoms with Crippen molar-refractivity contribution in [2.45, 2.75) is 90.9 Å². The summed E-state index contributed by atoms with van der Waals surface area (Å²) >= 11 is 0. The summed E-state index contributed by atoms with van der Waals surface area (Å²) in [5, 5.41) is 0. The molecule has 0 unspecified atom stereocenters. The van der Waals surface area contributed by atoms with Crippen molar-refractivity contribution in [3.63, 3.8) is 0 Å². The molecule has 4 aromatic rings. The highest BCUT2D eigenvalue weighted by atomic mass is 16.5. The van der Waals surface area contributed by atoms with Gasteiger partial charge in [0.1, 0.15) is 11.5 Å². The second-order valence-electron chi connectivity index (χ2n) is 10.7. The second kappa shape index (κ2) is 16.6. The standard InChI is InChI=1S/C36H46N2O2/c1-3-5-7-9-11-15-27-39-31-23-19-29(20-24-31)35-36(38-34-18-14-13-17-33(34)37-35)30-21-25-32(26-22-30)40-28-16-12-10-8-6-4-2/h13-14,17-26H,3-12,15-16,27-28H2,1-2H3. The number of hydrogen-bond acceptors (Lipinski definition) is 4. The van der Waals surface area contributed by atoms with Gasteiger partial charge in [0.05, 0.1) is 35.6 Å². The average Bonchev–Trinajstić information content (AvgIpc) is 3.00. The van der Waals surface area contributed by atoms with Crippen molar-refractivity contribution in [1.82, 2.24) is 9.97 Å². The maximum absolute atomic E-state index is 6.02. The summed E-state index contributed by atoms with van der Waals surface area (Å²) in [5.41, 5.74) is 5.60. The van der Waals surface area contributed by atoms with Gasteiger partial charge in [-0.1, -0.05) is 90.2 Å². The largest absolute Gasteiger partial charge is 0.494 e. The minimum Gasteiger partial charge on any atom is -0.494 e. The molecule has 212 valence electrons. The quantitative estimate of drug-likeness (QED) is 0.118. The van der Waals surface area contributed by atoms with Crippen LogP contribution in [0.25, 0.3) is 33.5 Å². The summed E-state index contributed by atoms with van der Waals surface area (Å²) in [4.78, 5) is 10.1. The number of rotatable bonds is 18. The van der Waals surface area contributed by atoms with E-state index in [1.165, 1.54) is 64.2 Å². The van der Waals surface area contributed by atoms with E-state index in [-0.39, 0.29) is 0 Å². The van der Waals surface area contributed by atoms with Crippen molar-refractivity contribution in [3.8, 4) is 34.0 Å². The normalized spacial score (nSPS) is 11.2. The number of fused-ring (bicyclic) bond motifs is 1. The lowest BCUT2D eigenvalue weighted by molar-refractivity contribution is 0.304. The van der Waals surface area contributed by atoms with Crippen molar-refractivity contribution < 1.29 is 9.47 Å². The van der Waals surface area contributed by atoms with E-state index in [2.05, 4.69) is 38.1 Å². The Balaban J connectivity index is 1.42. The number of aromatic nitrogens is 2. The summed E-state index contributed by atoms with van der Waals surface area (Å²) in [6, 6.07) is 24.6. The topological polar surface area (TPSA) is 44.2 Å². The van der Waals surface area contributed by atoms with E-state index in [1.807, 2.05) is 48.5 Å². The molecule has 0 fully saturated rings. The van der Waals surface area contributed by atoms with Crippen LogP contribution >= 0.6 is 0 Å². The van der Waals surface area contributed by atoms with Crippen LogP contribution < -0.4 is 9.47 Å². The Labute approximate surface area is 241 Å². The molecule has 4 rings (SSSR count). The Hall–Kier alpha value is -3.40. The molecular formula is C36H46N2O2. The van der Waals surface area contributed by atoms with Crippen molar-refractivity contribution in [3.05, 3.63) is 72.8 Å². The minimum absolute atomic E-state index is 0.764. The molecule has 0 spiro atoms. The second-order valence-corrected chi connectivity index (χ2v) is 10.7. The minimum atomic E-state index is 0.764. The third-order valence-corrected chi connectivity index (χ3v) is 7.36. The smallest absolute Gasteiger partial charge is 0.119 e. The van der Waals surface area contributed by atoms with Gasteiger partial charge in [-0.3, -0.25) is 0 Å². The van der Waals surface area contributed by atoms with Crippen LogP contribution in [0, 0.1) is 0 Å². The maximum Gasteiger partial charge on any atom is 0.119 e. The molecule has 0 aliphatic rings. The third-order valence-electron chi connectivity index (χ3n) is 7.36. The number of benzene rings is 3. The van der Waals surface area contributed by atoms with E-state index in [0.717, 1.165) is 71.1 Å². The molecule has 3 aromatic carbocycles. The first kappa shape index (κ1) is 29.6. The van der Waals surface area contributed by atoms with Crippen LogP contribution in [-0.4, -0.2) is 23.2 Å². The highest BCUT2D eigenvalue weighted by Gasteiger charge is 2.14. The number of para-hydroxylation sites is 2. The Bertz CT molecular complexity index is 1170. The van der Waals surface area contributed by atoms with Crippen LogP contribution in [0.15, 0.2) is 72.8 Å². The van der Waals surface area contributed by atoms with Gasteiger partial charge in [0.2, 0.25) is 0 Å². The van der Waals surface area contributed by atoms with Crippen molar-refractivity contribution in [1.29, 1.82) is 0 Å². The molecule has 0 atom stereocenters. The predicted octanol–water partition coefficient (Wildman–Crippen LogP) is 10.4. The lowest BCUT2D eigenvalue weighted by Crippen LogP contribution is -1.99. The molecule has 4 nitrogen and oxygen atoms in total. The van der Waals surface area contributed by atoms with E-state index < -0.39 is 0 Å². The van der Waals surface area contributed by atoms with Gasteiger partial charge >= 0.3 is 0 Å². The van der Waals surface area contributed by atoms with Gasteiger partial charge in [-0.15, -0.1) is 0 Å². The summed E-state index contributed by atoms with van der Waals surface area (Å²) in [6.07, 6.45) is 15.2. The van der Waals surface area contributed by atoms with Crippen LogP contribution in [0.1, 0.15) is 90.9 Å². The molecule has 0 aliphatic heterocycles. The number of hydrogen-bond donors (Lipinski definition) is 0. The number of ether oxygens (including phenoxy) is 2. The Morgan fingerprint density at radius 1 is 0.450 bits per heavy atom. The molecule has 1 heterocycles. The Kier molecular flexibility index (Phi) is 12.3. The molecule has 40 heavy (non-hydrogen) atoms. The molecule has 0 amide bonds. The Morgan fingerprint density at radius 2 is 0.825 bits per heavy atom. The molecule has 0 bridgehead atoms. The summed E-state index contributed by atoms with van der Waals surface area (Å²) in [5.74, 6) is 1.80. The molecular weight excluding hydrogens is 492 g/mol. The molecule has 0 saturated carbocycles. The number of unbranched alkanes of at least 4 members (excludes halogenated alkanes) is 10. The molecule has 1 aromatic heterocycles. The highest BCUT2D eigenvalue weighted by Crippen LogP contribution is 2.33. The average molecular weight is 539 g/mol. The fourth-order valence-corrected chi connectivity index (χ4v) is 4.97. The first-order valence-corrected chi connectivity index (χ1v) is 15.5. The van der Waals surface area contributed by atoms with E-state index in [0.29, 0.717) is 0 Å². The maximum atomic E-state index is 6.02. The first-order chi connectivity index (χ1) is 19.8. The lowest BCUT2D eigenvalue weighted by atomic mass is 10.0. The highest BCUT2D eigenvalue weighted by molar-refractivity contribution is 5.86. The van der Waals surface area contributed by atoms with Gasteiger partial charge in [-0.25, -0.2) is 9.97 Å². The van der Waals surface area contributed by atoms with Gasteiger partial charge in [0.25, 0.3) is 0 Å². The first-order valence-electron chi connectivity index (χ1n) is 15.5. The zero-order valence-electron chi connectivity index (χ0n) is 24.5. The van der Waals surface area contributed by atoms with E-state index >= 15 is 0 Å². The van der Waals surface area contributed by atoms with Crippen molar-refractivity contribution in [2.24, 2.45) is 0 Å². The Morgan fingerprint density at radius 3 is 1.23 bits per heavy atom. The summed E-state index contributed by atoms with van der Waals surface area (Å²) in [7, 11) is 0. The number of nitrogens with zero attached hydrogens (tertiary/aromatic N) is 2. The van der Waals surface area contributed by atoms with E-state index in [9.17, 15) is 0 Å². The van der Waals surface area contributed by atoms with Crippen LogP contribution in [0.3, 0.4) is 0 Å². The molecule has 0 aliphatic carbocycles. The predicted molar refractivity (Wildman–Crippen MR) is 168 cm³/mol. The summed E-state index contributed by atoms with van der Waals surface area (Å²) < 4.78 is 12.0. The van der Waals surface area contributed by atoms with Crippen LogP contribution in [0.5, 0.6) is 11.5 Å². The van der Waals surface area contributed by atoms with Crippen molar-refractivity contribution >= 4 is 11.0 Å². The molecule has 4 heteroatoms. The van der Waals surface area contributed by atoms with Gasteiger partial charge < -0.3 is 9.47 Å². The SMILES string of the molecule is CCCCCCCCOc1ccc(-c2nc3ccccc3nc2-c2ccc(OCCCCCCCC)cc2)cc1. The zero-order valence-corrected chi connectivity index (χ0v) is 24.5. The third kappa shape index (κ3) is 9.08. The van der Waals surface area contributed by atoms with Crippen LogP contribution in [0.4, 0.5) is 0 Å². The van der Waals surface area contributed by atoms with Crippen LogP contribution in [0.2, 0.25) is 0 Å². The van der Waals surface area contributed by atoms with Gasteiger partial charge in [-0.05, 0) is 73.5 Å². The summed E-state index contributed by atoms with van der Waals surface area (Å²) in [6.45, 7) is 6.03. The van der Waals surface area contributed by atoms with Gasteiger partial charge in [0.15, 0.2) is 0 Å². The molecule has 0 saturated heterocycles. The monoisotopic (exact) mass is 538 g/mol. The van der Waals surface area contributed by atoms with Crippen molar-refractivity contribution in [2.75, 3.05) is 13.2 Å². The fraction of sp³-hybridized carbons (Fsp3) is 0.444.